The van der Waals surface area contributed by atoms with Gasteiger partial charge in [-0.15, -0.1) is 0 Å². The van der Waals surface area contributed by atoms with E-state index < -0.39 is 24.6 Å². The van der Waals surface area contributed by atoms with E-state index in [1.54, 1.807) is 19.3 Å². The Bertz CT molecular complexity index is 404. The van der Waals surface area contributed by atoms with Gasteiger partial charge in [-0.05, 0) is 25.5 Å². The van der Waals surface area contributed by atoms with Crippen molar-refractivity contribution in [1.82, 2.24) is 10.6 Å². The lowest BCUT2D eigenvalue weighted by Gasteiger charge is -2.16. The van der Waals surface area contributed by atoms with Gasteiger partial charge in [-0.3, -0.25) is 0 Å². The van der Waals surface area contributed by atoms with Crippen molar-refractivity contribution >= 4 is 12.0 Å². The van der Waals surface area contributed by atoms with Crippen molar-refractivity contribution in [3.05, 3.63) is 24.2 Å². The van der Waals surface area contributed by atoms with Gasteiger partial charge in [-0.2, -0.15) is 0 Å². The number of hydrogen-bond acceptors (Lipinski definition) is 4. The Hall–Kier alpha value is -2.02. The van der Waals surface area contributed by atoms with E-state index in [1.807, 2.05) is 6.07 Å². The summed E-state index contributed by atoms with van der Waals surface area (Å²) < 4.78 is 5.16. The lowest BCUT2D eigenvalue weighted by Crippen LogP contribution is -2.50. The van der Waals surface area contributed by atoms with Crippen LogP contribution in [0, 0.1) is 0 Å². The summed E-state index contributed by atoms with van der Waals surface area (Å²) in [6, 6.07) is 1.58. The normalized spacial score (nSPS) is 13.6. The first-order valence-electron chi connectivity index (χ1n) is 5.96. The quantitative estimate of drug-likeness (QED) is 0.571. The van der Waals surface area contributed by atoms with Crippen LogP contribution in [0.5, 0.6) is 0 Å². The molecule has 0 aliphatic rings. The highest BCUT2D eigenvalue weighted by atomic mass is 16.4. The molecule has 1 aromatic rings. The monoisotopic (exact) mass is 270 g/mol. The van der Waals surface area contributed by atoms with E-state index in [2.05, 4.69) is 10.6 Å². The van der Waals surface area contributed by atoms with Gasteiger partial charge in [0.15, 0.2) is 6.04 Å². The van der Waals surface area contributed by atoms with Gasteiger partial charge in [0.1, 0.15) is 5.76 Å². The zero-order chi connectivity index (χ0) is 14.3. The third kappa shape index (κ3) is 5.43. The molecule has 1 rings (SSSR count). The van der Waals surface area contributed by atoms with E-state index >= 15 is 0 Å². The van der Waals surface area contributed by atoms with E-state index in [4.69, 9.17) is 14.6 Å². The number of urea groups is 1. The van der Waals surface area contributed by atoms with Crippen LogP contribution < -0.4 is 10.6 Å². The van der Waals surface area contributed by atoms with Gasteiger partial charge in [0.05, 0.1) is 12.9 Å². The van der Waals surface area contributed by atoms with Gasteiger partial charge in [-0.1, -0.05) is 0 Å². The molecule has 2 atom stereocenters. The van der Waals surface area contributed by atoms with E-state index in [-0.39, 0.29) is 6.04 Å². The molecule has 106 valence electrons. The summed E-state index contributed by atoms with van der Waals surface area (Å²) in [7, 11) is 0. The fourth-order valence-electron chi connectivity index (χ4n) is 1.49. The summed E-state index contributed by atoms with van der Waals surface area (Å²) in [6.45, 7) is 1.15. The van der Waals surface area contributed by atoms with Crippen LogP contribution in [0.4, 0.5) is 4.79 Å². The molecular formula is C12H18N2O5. The van der Waals surface area contributed by atoms with Crippen LogP contribution in [0.15, 0.2) is 22.8 Å². The standard InChI is InChI=1S/C12H18N2O5/c1-8(4-5-9-3-2-6-19-9)13-12(18)14-10(7-15)11(16)17/h2-3,6,8,10,15H,4-5,7H2,1H3,(H,16,17)(H2,13,14,18)/t8?,10-/m0/s1. The number of carboxylic acid groups (broad SMARTS) is 1. The van der Waals surface area contributed by atoms with Crippen LogP contribution in [0.2, 0.25) is 0 Å². The molecule has 0 bridgehead atoms. The van der Waals surface area contributed by atoms with Gasteiger partial charge in [0.25, 0.3) is 0 Å². The molecule has 1 unspecified atom stereocenters. The van der Waals surface area contributed by atoms with Gasteiger partial charge in [0.2, 0.25) is 0 Å². The van der Waals surface area contributed by atoms with E-state index in [0.717, 1.165) is 5.76 Å². The highest BCUT2D eigenvalue weighted by Crippen LogP contribution is 2.05. The lowest BCUT2D eigenvalue weighted by atomic mass is 10.1. The number of nitrogens with one attached hydrogen (secondary N) is 2. The van der Waals surface area contributed by atoms with Gasteiger partial charge in [0, 0.05) is 12.5 Å². The topological polar surface area (TPSA) is 112 Å². The largest absolute Gasteiger partial charge is 0.480 e. The third-order valence-electron chi connectivity index (χ3n) is 2.57. The minimum atomic E-state index is -1.29. The second-order valence-corrected chi connectivity index (χ2v) is 4.21. The zero-order valence-corrected chi connectivity index (χ0v) is 10.6. The molecule has 0 aromatic carbocycles. The number of aliphatic hydroxyl groups excluding tert-OH is 1. The summed E-state index contributed by atoms with van der Waals surface area (Å²) in [5.41, 5.74) is 0. The van der Waals surface area contributed by atoms with Crippen molar-refractivity contribution < 1.29 is 24.2 Å². The molecule has 0 spiro atoms. The third-order valence-corrected chi connectivity index (χ3v) is 2.57. The van der Waals surface area contributed by atoms with Crippen molar-refractivity contribution in [2.45, 2.75) is 31.8 Å². The Labute approximate surface area is 110 Å². The first-order valence-corrected chi connectivity index (χ1v) is 5.96. The summed E-state index contributed by atoms with van der Waals surface area (Å²) in [4.78, 5) is 22.1. The van der Waals surface area contributed by atoms with Crippen LogP contribution in [0.25, 0.3) is 0 Å². The predicted octanol–water partition coefficient (Wildman–Crippen LogP) is 0.345. The van der Waals surface area contributed by atoms with Crippen molar-refractivity contribution in [3.8, 4) is 0 Å². The molecule has 1 heterocycles. The Morgan fingerprint density at radius 2 is 2.16 bits per heavy atom. The number of amides is 2. The summed E-state index contributed by atoms with van der Waals surface area (Å²) in [5.74, 6) is -0.450. The molecule has 0 fully saturated rings. The average Bonchev–Trinajstić information content (AvgIpc) is 2.86. The molecule has 1 aromatic heterocycles. The molecule has 2 amide bonds. The van der Waals surface area contributed by atoms with Crippen molar-refractivity contribution in [3.63, 3.8) is 0 Å². The number of carbonyl (C=O) groups excluding carboxylic acids is 1. The lowest BCUT2D eigenvalue weighted by molar-refractivity contribution is -0.140. The minimum absolute atomic E-state index is 0.141. The number of aliphatic hydroxyl groups is 1. The fourth-order valence-corrected chi connectivity index (χ4v) is 1.49. The molecule has 19 heavy (non-hydrogen) atoms. The Balaban J connectivity index is 2.29. The molecule has 7 heteroatoms. The molecule has 0 aliphatic heterocycles. The van der Waals surface area contributed by atoms with Crippen LogP contribution in [0.3, 0.4) is 0 Å². The Morgan fingerprint density at radius 1 is 1.42 bits per heavy atom. The van der Waals surface area contributed by atoms with E-state index in [9.17, 15) is 9.59 Å². The molecule has 4 N–H and O–H groups in total. The number of aryl methyl sites for hydroxylation is 1. The first kappa shape index (κ1) is 15.0. The molecule has 0 radical (unpaired) electrons. The average molecular weight is 270 g/mol. The number of carbonyl (C=O) groups is 2. The fraction of sp³-hybridized carbons (Fsp3) is 0.500. The minimum Gasteiger partial charge on any atom is -0.480 e. The van der Waals surface area contributed by atoms with Gasteiger partial charge < -0.3 is 25.3 Å². The Kier molecular flexibility index (Phi) is 5.87. The first-order chi connectivity index (χ1) is 9.02. The molecule has 7 nitrogen and oxygen atoms in total. The Morgan fingerprint density at radius 3 is 2.68 bits per heavy atom. The smallest absolute Gasteiger partial charge is 0.328 e. The van der Waals surface area contributed by atoms with Crippen LogP contribution in [-0.4, -0.2) is 40.9 Å². The summed E-state index contributed by atoms with van der Waals surface area (Å²) in [6.07, 6.45) is 2.92. The van der Waals surface area contributed by atoms with Crippen LogP contribution in [0.1, 0.15) is 19.1 Å². The van der Waals surface area contributed by atoms with Crippen molar-refractivity contribution in [1.29, 1.82) is 0 Å². The van der Waals surface area contributed by atoms with Crippen LogP contribution >= 0.6 is 0 Å². The maximum Gasteiger partial charge on any atom is 0.328 e. The number of furan rings is 1. The molecular weight excluding hydrogens is 252 g/mol. The number of rotatable bonds is 7. The van der Waals surface area contributed by atoms with Crippen LogP contribution in [-0.2, 0) is 11.2 Å². The summed E-state index contributed by atoms with van der Waals surface area (Å²) in [5, 5.41) is 22.2. The van der Waals surface area contributed by atoms with Gasteiger partial charge in [-0.25, -0.2) is 9.59 Å². The van der Waals surface area contributed by atoms with E-state index in [1.165, 1.54) is 0 Å². The SMILES string of the molecule is CC(CCc1ccco1)NC(=O)N[C@@H](CO)C(=O)O. The van der Waals surface area contributed by atoms with Crippen molar-refractivity contribution in [2.24, 2.45) is 0 Å². The summed E-state index contributed by atoms with van der Waals surface area (Å²) >= 11 is 0. The maximum absolute atomic E-state index is 11.5. The number of hydrogen-bond donors (Lipinski definition) is 4. The molecule has 0 saturated heterocycles. The zero-order valence-electron chi connectivity index (χ0n) is 10.6. The van der Waals surface area contributed by atoms with Gasteiger partial charge >= 0.3 is 12.0 Å². The highest BCUT2D eigenvalue weighted by Gasteiger charge is 2.19. The maximum atomic E-state index is 11.5. The number of aliphatic carboxylic acids is 1. The highest BCUT2D eigenvalue weighted by molar-refractivity contribution is 5.82. The molecule has 0 saturated carbocycles. The van der Waals surface area contributed by atoms with Crippen molar-refractivity contribution in [2.75, 3.05) is 6.61 Å². The second-order valence-electron chi connectivity index (χ2n) is 4.21. The van der Waals surface area contributed by atoms with E-state index in [0.29, 0.717) is 12.8 Å². The predicted molar refractivity (Wildman–Crippen MR) is 66.7 cm³/mol. The molecule has 0 aliphatic carbocycles. The number of carboxylic acids is 1. The second kappa shape index (κ2) is 7.42.